The molecule has 3 aromatic rings. The number of hydrogen-bond acceptors (Lipinski definition) is 9. The van der Waals surface area contributed by atoms with Crippen molar-refractivity contribution < 1.29 is 9.53 Å². The molecule has 3 aliphatic rings. The summed E-state index contributed by atoms with van der Waals surface area (Å²) in [6, 6.07) is 10.2. The summed E-state index contributed by atoms with van der Waals surface area (Å²) in [6.45, 7) is 3.34. The highest BCUT2D eigenvalue weighted by atomic mass is 16.6. The molecule has 6 rings (SSSR count). The van der Waals surface area contributed by atoms with Crippen molar-refractivity contribution in [2.75, 3.05) is 18.0 Å². The summed E-state index contributed by atoms with van der Waals surface area (Å²) in [7, 11) is 1.72. The maximum atomic E-state index is 12.6. The molecule has 3 aliphatic heterocycles. The summed E-state index contributed by atoms with van der Waals surface area (Å²) in [6.07, 6.45) is 2.02. The van der Waals surface area contributed by atoms with Gasteiger partial charge in [-0.25, -0.2) is 4.79 Å². The topological polar surface area (TPSA) is 114 Å². The van der Waals surface area contributed by atoms with Crippen molar-refractivity contribution in [2.45, 2.75) is 31.5 Å². The quantitative estimate of drug-likeness (QED) is 0.622. The Hall–Kier alpha value is -3.89. The first-order valence-electron chi connectivity index (χ1n) is 10.5. The third-order valence-corrected chi connectivity index (χ3v) is 6.05. The molecule has 162 valence electrons. The summed E-state index contributed by atoms with van der Waals surface area (Å²) in [5.74, 6) is 0.491. The molecule has 0 saturated carbocycles. The van der Waals surface area contributed by atoms with Crippen LogP contribution in [0.25, 0.3) is 22.6 Å². The molecule has 2 aromatic heterocycles. The number of rotatable bonds is 4. The summed E-state index contributed by atoms with van der Waals surface area (Å²) < 4.78 is 5.67. The minimum Gasteiger partial charge on any atom is -0.442 e. The van der Waals surface area contributed by atoms with Crippen LogP contribution in [0.1, 0.15) is 12.5 Å². The molecule has 11 heteroatoms. The fourth-order valence-electron chi connectivity index (χ4n) is 4.56. The average Bonchev–Trinajstić information content (AvgIpc) is 3.55. The Morgan fingerprint density at radius 3 is 2.78 bits per heavy atom. The lowest BCUT2D eigenvalue weighted by molar-refractivity contribution is 0.100. The second-order valence-corrected chi connectivity index (χ2v) is 8.37. The van der Waals surface area contributed by atoms with Gasteiger partial charge in [0.25, 0.3) is 0 Å². The van der Waals surface area contributed by atoms with Crippen LogP contribution in [0.3, 0.4) is 0 Å². The van der Waals surface area contributed by atoms with Crippen LogP contribution in [0.15, 0.2) is 46.9 Å². The number of benzene rings is 1. The third kappa shape index (κ3) is 3.08. The van der Waals surface area contributed by atoms with Gasteiger partial charge in [-0.05, 0) is 47.9 Å². The van der Waals surface area contributed by atoms with Crippen molar-refractivity contribution in [3.05, 3.63) is 42.1 Å². The number of aryl methyl sites for hydroxylation is 1. The second kappa shape index (κ2) is 7.08. The summed E-state index contributed by atoms with van der Waals surface area (Å²) in [5, 5.41) is 22.3. The first kappa shape index (κ1) is 18.8. The molecular formula is C21H21N9O2. The number of fused-ring (bicyclic) bond motifs is 3. The first-order chi connectivity index (χ1) is 15.5. The number of amides is 1. The van der Waals surface area contributed by atoms with E-state index in [0.29, 0.717) is 18.1 Å². The van der Waals surface area contributed by atoms with Gasteiger partial charge < -0.3 is 4.74 Å². The van der Waals surface area contributed by atoms with E-state index < -0.39 is 0 Å². The number of nitrogens with zero attached hydrogens (tertiary/aromatic N) is 9. The first-order valence-corrected chi connectivity index (χ1v) is 10.5. The van der Waals surface area contributed by atoms with Crippen molar-refractivity contribution in [1.29, 1.82) is 0 Å². The molecule has 11 nitrogen and oxygen atoms in total. The van der Waals surface area contributed by atoms with Crippen molar-refractivity contribution >= 4 is 11.8 Å². The van der Waals surface area contributed by atoms with Crippen LogP contribution >= 0.6 is 0 Å². The number of pyridine rings is 1. The van der Waals surface area contributed by atoms with Crippen molar-refractivity contribution in [3.63, 3.8) is 0 Å². The fourth-order valence-corrected chi connectivity index (χ4v) is 4.56. The molecule has 5 heterocycles. The number of cyclic esters (lactones) is 1. The van der Waals surface area contributed by atoms with Gasteiger partial charge in [0, 0.05) is 11.8 Å². The highest BCUT2D eigenvalue weighted by molar-refractivity contribution is 5.94. The number of hydrogen-bond donors (Lipinski definition) is 0. The molecule has 1 aromatic carbocycles. The van der Waals surface area contributed by atoms with E-state index in [1.807, 2.05) is 36.2 Å². The predicted molar refractivity (Wildman–Crippen MR) is 114 cm³/mol. The molecular weight excluding hydrogens is 410 g/mol. The summed E-state index contributed by atoms with van der Waals surface area (Å²) in [5.41, 5.74) is 4.74. The molecule has 1 saturated heterocycles. The van der Waals surface area contributed by atoms with Gasteiger partial charge in [-0.3, -0.25) is 14.9 Å². The molecule has 0 radical (unpaired) electrons. The minimum atomic E-state index is -0.293. The van der Waals surface area contributed by atoms with Crippen LogP contribution in [0.4, 0.5) is 10.5 Å². The van der Waals surface area contributed by atoms with Gasteiger partial charge in [0.2, 0.25) is 5.82 Å². The molecule has 32 heavy (non-hydrogen) atoms. The number of carbonyl (C=O) groups is 1. The lowest BCUT2D eigenvalue weighted by atomic mass is 10.0. The van der Waals surface area contributed by atoms with E-state index in [-0.39, 0.29) is 24.3 Å². The Morgan fingerprint density at radius 1 is 1.19 bits per heavy atom. The van der Waals surface area contributed by atoms with Crippen LogP contribution in [0.5, 0.6) is 0 Å². The second-order valence-electron chi connectivity index (χ2n) is 8.37. The Morgan fingerprint density at radius 2 is 2.06 bits per heavy atom. The van der Waals surface area contributed by atoms with E-state index in [9.17, 15) is 4.79 Å². The van der Waals surface area contributed by atoms with Crippen LogP contribution < -0.4 is 4.90 Å². The van der Waals surface area contributed by atoms with Crippen LogP contribution in [-0.4, -0.2) is 67.6 Å². The van der Waals surface area contributed by atoms with Gasteiger partial charge in [0.15, 0.2) is 0 Å². The zero-order valence-electron chi connectivity index (χ0n) is 17.7. The SMILES string of the molecule is CC1CN(C[C@@H]2OC(=O)N3c4ccc(-c5ccc(-c6nnn(C)n6)nc5)cc4C[C@@H]23)N=N1. The Balaban J connectivity index is 1.23. The molecule has 1 unspecified atom stereocenters. The number of ether oxygens (including phenoxy) is 1. The number of carbonyl (C=O) groups excluding carboxylic acids is 1. The van der Waals surface area contributed by atoms with E-state index in [1.165, 1.54) is 4.80 Å². The monoisotopic (exact) mass is 431 g/mol. The van der Waals surface area contributed by atoms with Gasteiger partial charge in [-0.1, -0.05) is 17.4 Å². The molecule has 3 atom stereocenters. The van der Waals surface area contributed by atoms with Gasteiger partial charge in [0.05, 0.1) is 37.9 Å². The van der Waals surface area contributed by atoms with Gasteiger partial charge >= 0.3 is 6.09 Å². The minimum absolute atomic E-state index is 0.0258. The van der Waals surface area contributed by atoms with Crippen LogP contribution in [0.2, 0.25) is 0 Å². The molecule has 0 spiro atoms. The largest absolute Gasteiger partial charge is 0.442 e. The number of anilines is 1. The van der Waals surface area contributed by atoms with Crippen molar-refractivity contribution in [1.82, 2.24) is 30.2 Å². The molecule has 1 amide bonds. The van der Waals surface area contributed by atoms with Crippen LogP contribution in [0, 0.1) is 0 Å². The zero-order chi connectivity index (χ0) is 21.8. The van der Waals surface area contributed by atoms with Crippen molar-refractivity contribution in [3.8, 4) is 22.6 Å². The fraction of sp³-hybridized carbons (Fsp3) is 0.381. The van der Waals surface area contributed by atoms with Crippen LogP contribution in [-0.2, 0) is 18.2 Å². The van der Waals surface area contributed by atoms with E-state index in [1.54, 1.807) is 18.1 Å². The maximum absolute atomic E-state index is 12.6. The molecule has 0 bridgehead atoms. The normalized spacial score (nSPS) is 23.6. The Labute approximate surface area is 183 Å². The van der Waals surface area contributed by atoms with Gasteiger partial charge in [-0.2, -0.15) is 9.91 Å². The van der Waals surface area contributed by atoms with E-state index in [4.69, 9.17) is 4.74 Å². The average molecular weight is 431 g/mol. The Kier molecular flexibility index (Phi) is 4.17. The highest BCUT2D eigenvalue weighted by Gasteiger charge is 2.48. The van der Waals surface area contributed by atoms with E-state index >= 15 is 0 Å². The Bertz CT molecular complexity index is 1220. The van der Waals surface area contributed by atoms with Crippen molar-refractivity contribution in [2.24, 2.45) is 17.4 Å². The molecule has 0 aliphatic carbocycles. The predicted octanol–water partition coefficient (Wildman–Crippen LogP) is 2.26. The lowest BCUT2D eigenvalue weighted by Gasteiger charge is -2.20. The maximum Gasteiger partial charge on any atom is 0.415 e. The van der Waals surface area contributed by atoms with Gasteiger partial charge in [-0.15, -0.1) is 10.2 Å². The lowest BCUT2D eigenvalue weighted by Crippen LogP contribution is -2.39. The molecule has 1 fully saturated rings. The summed E-state index contributed by atoms with van der Waals surface area (Å²) in [4.78, 5) is 20.3. The van der Waals surface area contributed by atoms with E-state index in [0.717, 1.165) is 35.3 Å². The zero-order valence-corrected chi connectivity index (χ0v) is 17.7. The number of aromatic nitrogens is 5. The standard InChI is InChI=1S/C21H21N9O2/c1-12-10-29(27-23-12)11-19-18-8-15-7-13(4-6-17(15)30(18)21(31)32-19)14-3-5-16(22-9-14)20-24-26-28(2)25-20/h3-7,9,12,18-19H,8,10-11H2,1-2H3/t12?,18-,19-/m0/s1. The summed E-state index contributed by atoms with van der Waals surface area (Å²) >= 11 is 0. The molecule has 0 N–H and O–H groups in total. The highest BCUT2D eigenvalue weighted by Crippen LogP contribution is 2.41. The van der Waals surface area contributed by atoms with Gasteiger partial charge in [0.1, 0.15) is 11.8 Å². The number of tetrazole rings is 1. The third-order valence-electron chi connectivity index (χ3n) is 6.05. The van der Waals surface area contributed by atoms with E-state index in [2.05, 4.69) is 36.8 Å². The smallest absolute Gasteiger partial charge is 0.415 e.